The molecule has 4 rings (SSSR count). The van der Waals surface area contributed by atoms with Gasteiger partial charge in [0.15, 0.2) is 5.76 Å². The molecular formula is C16H16FNO3. The molecule has 0 saturated carbocycles. The molecule has 3 heterocycles. The Kier molecular flexibility index (Phi) is 3.05. The summed E-state index contributed by atoms with van der Waals surface area (Å²) in [5, 5.41) is 0.605. The summed E-state index contributed by atoms with van der Waals surface area (Å²) in [7, 11) is 0. The van der Waals surface area contributed by atoms with Crippen LogP contribution in [0.1, 0.15) is 23.4 Å². The van der Waals surface area contributed by atoms with E-state index < -0.39 is 6.10 Å². The summed E-state index contributed by atoms with van der Waals surface area (Å²) in [6.45, 7) is 2.25. The summed E-state index contributed by atoms with van der Waals surface area (Å²) in [6, 6.07) is 6.29. The molecule has 0 spiro atoms. The fraction of sp³-hybridized carbons (Fsp3) is 0.438. The van der Waals surface area contributed by atoms with Crippen LogP contribution >= 0.6 is 0 Å². The van der Waals surface area contributed by atoms with E-state index in [1.54, 1.807) is 12.1 Å². The van der Waals surface area contributed by atoms with E-state index in [9.17, 15) is 9.18 Å². The highest BCUT2D eigenvalue weighted by Gasteiger charge is 2.36. The molecule has 2 saturated heterocycles. The molecule has 2 unspecified atom stereocenters. The number of halogens is 1. The molecule has 5 heteroatoms. The van der Waals surface area contributed by atoms with Gasteiger partial charge in [-0.1, -0.05) is 0 Å². The van der Waals surface area contributed by atoms with Crippen LogP contribution in [0.3, 0.4) is 0 Å². The first-order valence-corrected chi connectivity index (χ1v) is 7.30. The van der Waals surface area contributed by atoms with Crippen LogP contribution in [0.2, 0.25) is 0 Å². The van der Waals surface area contributed by atoms with Crippen molar-refractivity contribution in [3.05, 3.63) is 35.8 Å². The molecule has 2 fully saturated rings. The molecule has 0 amide bonds. The number of carbonyl (C=O) groups excluding carboxylic acids is 1. The number of carbonyl (C=O) groups is 1. The maximum atomic E-state index is 13.2. The molecule has 2 aliphatic rings. The maximum absolute atomic E-state index is 13.2. The summed E-state index contributed by atoms with van der Waals surface area (Å²) in [5.74, 6) is -0.244. The minimum absolute atomic E-state index is 0.156. The van der Waals surface area contributed by atoms with Crippen molar-refractivity contribution in [1.82, 2.24) is 4.90 Å². The third kappa shape index (κ3) is 2.26. The zero-order valence-corrected chi connectivity index (χ0v) is 11.5. The van der Waals surface area contributed by atoms with E-state index in [2.05, 4.69) is 4.90 Å². The van der Waals surface area contributed by atoms with Gasteiger partial charge in [-0.05, 0) is 43.7 Å². The van der Waals surface area contributed by atoms with Gasteiger partial charge in [-0.2, -0.15) is 0 Å². The van der Waals surface area contributed by atoms with E-state index >= 15 is 0 Å². The highest BCUT2D eigenvalue weighted by molar-refractivity contribution is 6.00. The van der Waals surface area contributed by atoms with E-state index in [-0.39, 0.29) is 17.4 Å². The van der Waals surface area contributed by atoms with Gasteiger partial charge >= 0.3 is 0 Å². The number of hydrogen-bond donors (Lipinski definition) is 0. The van der Waals surface area contributed by atoms with E-state index in [1.165, 1.54) is 18.6 Å². The van der Waals surface area contributed by atoms with E-state index in [4.69, 9.17) is 9.15 Å². The number of Topliss-reactive ketones (excluding diaryl/α,β-unsaturated/α-hetero) is 1. The zero-order valence-electron chi connectivity index (χ0n) is 11.5. The van der Waals surface area contributed by atoms with Gasteiger partial charge in [-0.15, -0.1) is 0 Å². The molecule has 2 aliphatic heterocycles. The van der Waals surface area contributed by atoms with Gasteiger partial charge < -0.3 is 9.15 Å². The van der Waals surface area contributed by atoms with Crippen LogP contribution in [-0.4, -0.2) is 42.5 Å². The predicted molar refractivity (Wildman–Crippen MR) is 74.8 cm³/mol. The molecule has 1 aromatic carbocycles. The van der Waals surface area contributed by atoms with Gasteiger partial charge in [0.1, 0.15) is 17.5 Å². The largest absolute Gasteiger partial charge is 0.453 e. The molecule has 2 atom stereocenters. The predicted octanol–water partition coefficient (Wildman–Crippen LogP) is 2.62. The molecule has 1 aromatic heterocycles. The molecule has 110 valence electrons. The van der Waals surface area contributed by atoms with Gasteiger partial charge in [0.25, 0.3) is 0 Å². The van der Waals surface area contributed by atoms with Crippen LogP contribution in [0.15, 0.2) is 28.7 Å². The van der Waals surface area contributed by atoms with Crippen molar-refractivity contribution in [2.75, 3.05) is 19.7 Å². The number of nitrogens with zero attached hydrogens (tertiary/aromatic N) is 1. The standard InChI is InChI=1S/C16H16FNO3/c17-11-3-4-13-10(6-11)7-14(21-13)16(19)15-8-18-5-1-2-12(18)9-20-15/h3-4,6-7,12,15H,1-2,5,8-9H2. The molecular weight excluding hydrogens is 273 g/mol. The fourth-order valence-electron chi connectivity index (χ4n) is 3.27. The average Bonchev–Trinajstić information content (AvgIpc) is 3.11. The van der Waals surface area contributed by atoms with Crippen LogP contribution < -0.4 is 0 Å². The number of rotatable bonds is 2. The Balaban J connectivity index is 1.58. The Labute approximate surface area is 121 Å². The monoisotopic (exact) mass is 289 g/mol. The first kappa shape index (κ1) is 13.0. The second-order valence-electron chi connectivity index (χ2n) is 5.77. The number of furan rings is 1. The summed E-state index contributed by atoms with van der Waals surface area (Å²) in [6.07, 6.45) is 1.83. The van der Waals surface area contributed by atoms with Crippen LogP contribution in [0, 0.1) is 5.82 Å². The summed E-state index contributed by atoms with van der Waals surface area (Å²) in [5.41, 5.74) is 0.523. The molecule has 0 bridgehead atoms. The van der Waals surface area contributed by atoms with Gasteiger partial charge in [0.05, 0.1) is 6.61 Å². The van der Waals surface area contributed by atoms with Crippen molar-refractivity contribution >= 4 is 16.8 Å². The van der Waals surface area contributed by atoms with Crippen LogP contribution in [0.5, 0.6) is 0 Å². The number of ether oxygens (including phenoxy) is 1. The van der Waals surface area contributed by atoms with Crippen molar-refractivity contribution in [3.8, 4) is 0 Å². The minimum Gasteiger partial charge on any atom is -0.453 e. The van der Waals surface area contributed by atoms with Crippen molar-refractivity contribution in [3.63, 3.8) is 0 Å². The van der Waals surface area contributed by atoms with Crippen molar-refractivity contribution in [2.24, 2.45) is 0 Å². The second kappa shape index (κ2) is 4.93. The van der Waals surface area contributed by atoms with Crippen molar-refractivity contribution in [1.29, 1.82) is 0 Å². The number of fused-ring (bicyclic) bond motifs is 2. The SMILES string of the molecule is O=C(c1cc2cc(F)ccc2o1)C1CN2CCCC2CO1. The highest BCUT2D eigenvalue weighted by atomic mass is 19.1. The summed E-state index contributed by atoms with van der Waals surface area (Å²) >= 11 is 0. The quantitative estimate of drug-likeness (QED) is 0.797. The van der Waals surface area contributed by atoms with Gasteiger partial charge in [0.2, 0.25) is 5.78 Å². The molecule has 2 aromatic rings. The Bertz CT molecular complexity index is 696. The van der Waals surface area contributed by atoms with Crippen molar-refractivity contribution < 1.29 is 18.3 Å². The smallest absolute Gasteiger partial charge is 0.227 e. The first-order chi connectivity index (χ1) is 10.2. The first-order valence-electron chi connectivity index (χ1n) is 7.30. The van der Waals surface area contributed by atoms with Crippen LogP contribution in [-0.2, 0) is 4.74 Å². The van der Waals surface area contributed by atoms with Gasteiger partial charge in [-0.3, -0.25) is 9.69 Å². The number of benzene rings is 1. The van der Waals surface area contributed by atoms with Gasteiger partial charge in [-0.25, -0.2) is 4.39 Å². The lowest BCUT2D eigenvalue weighted by molar-refractivity contribution is -0.0353. The fourth-order valence-corrected chi connectivity index (χ4v) is 3.27. The van der Waals surface area contributed by atoms with Crippen molar-refractivity contribution in [2.45, 2.75) is 25.0 Å². The highest BCUT2D eigenvalue weighted by Crippen LogP contribution is 2.26. The Morgan fingerprint density at radius 2 is 2.24 bits per heavy atom. The zero-order chi connectivity index (χ0) is 14.4. The Morgan fingerprint density at radius 3 is 3.14 bits per heavy atom. The molecule has 4 nitrogen and oxygen atoms in total. The van der Waals surface area contributed by atoms with Gasteiger partial charge in [0, 0.05) is 18.0 Å². The number of morpholine rings is 1. The van der Waals surface area contributed by atoms with E-state index in [0.717, 1.165) is 13.0 Å². The second-order valence-corrected chi connectivity index (χ2v) is 5.77. The number of hydrogen-bond acceptors (Lipinski definition) is 4. The van der Waals surface area contributed by atoms with Crippen LogP contribution in [0.25, 0.3) is 11.0 Å². The third-order valence-corrected chi connectivity index (χ3v) is 4.40. The molecule has 0 aliphatic carbocycles. The lowest BCUT2D eigenvalue weighted by atomic mass is 10.1. The third-order valence-electron chi connectivity index (χ3n) is 4.40. The lowest BCUT2D eigenvalue weighted by Crippen LogP contribution is -2.49. The summed E-state index contributed by atoms with van der Waals surface area (Å²) in [4.78, 5) is 14.8. The van der Waals surface area contributed by atoms with E-state index in [0.29, 0.717) is 30.2 Å². The molecule has 21 heavy (non-hydrogen) atoms. The maximum Gasteiger partial charge on any atom is 0.227 e. The average molecular weight is 289 g/mol. The number of ketones is 1. The van der Waals surface area contributed by atoms with Crippen LogP contribution in [0.4, 0.5) is 4.39 Å². The summed E-state index contributed by atoms with van der Waals surface area (Å²) < 4.78 is 24.4. The molecule has 0 N–H and O–H groups in total. The Hall–Kier alpha value is -1.72. The van der Waals surface area contributed by atoms with E-state index in [1.807, 2.05) is 0 Å². The normalized spacial score (nSPS) is 26.1. The Morgan fingerprint density at radius 1 is 1.33 bits per heavy atom. The molecule has 0 radical (unpaired) electrons. The minimum atomic E-state index is -0.482. The lowest BCUT2D eigenvalue weighted by Gasteiger charge is -2.33. The topological polar surface area (TPSA) is 42.7 Å².